The van der Waals surface area contributed by atoms with Gasteiger partial charge in [0.05, 0.1) is 6.61 Å². The SMILES string of the molecule is CCOc1ncccc1OC(c1ccccc1)C1CCNC1. The summed E-state index contributed by atoms with van der Waals surface area (Å²) in [6, 6.07) is 14.2. The van der Waals surface area contributed by atoms with Crippen molar-refractivity contribution in [2.75, 3.05) is 19.7 Å². The maximum atomic E-state index is 6.34. The van der Waals surface area contributed by atoms with Gasteiger partial charge in [-0.15, -0.1) is 0 Å². The van der Waals surface area contributed by atoms with Crippen LogP contribution in [-0.2, 0) is 0 Å². The van der Waals surface area contributed by atoms with Gasteiger partial charge in [0.25, 0.3) is 5.88 Å². The number of nitrogens with zero attached hydrogens (tertiary/aromatic N) is 1. The highest BCUT2D eigenvalue weighted by atomic mass is 16.5. The third kappa shape index (κ3) is 3.39. The molecule has 1 aliphatic heterocycles. The number of ether oxygens (including phenoxy) is 2. The molecule has 1 saturated heterocycles. The van der Waals surface area contributed by atoms with Crippen LogP contribution in [0, 0.1) is 5.92 Å². The van der Waals surface area contributed by atoms with Gasteiger partial charge in [0.1, 0.15) is 6.10 Å². The van der Waals surface area contributed by atoms with Crippen molar-refractivity contribution in [2.45, 2.75) is 19.4 Å². The zero-order valence-electron chi connectivity index (χ0n) is 12.9. The van der Waals surface area contributed by atoms with Crippen molar-refractivity contribution in [1.29, 1.82) is 0 Å². The molecule has 2 atom stereocenters. The molecule has 0 aliphatic carbocycles. The lowest BCUT2D eigenvalue weighted by molar-refractivity contribution is 0.136. The Morgan fingerprint density at radius 2 is 2.09 bits per heavy atom. The molecule has 0 spiro atoms. The Balaban J connectivity index is 1.87. The Hall–Kier alpha value is -2.07. The van der Waals surface area contributed by atoms with Crippen LogP contribution in [-0.4, -0.2) is 24.7 Å². The quantitative estimate of drug-likeness (QED) is 0.889. The molecule has 116 valence electrons. The van der Waals surface area contributed by atoms with Crippen LogP contribution < -0.4 is 14.8 Å². The van der Waals surface area contributed by atoms with Gasteiger partial charge in [-0.1, -0.05) is 30.3 Å². The average molecular weight is 298 g/mol. The second kappa shape index (κ2) is 7.27. The van der Waals surface area contributed by atoms with Gasteiger partial charge in [-0.25, -0.2) is 4.98 Å². The summed E-state index contributed by atoms with van der Waals surface area (Å²) in [7, 11) is 0. The molecule has 1 aromatic heterocycles. The first-order valence-electron chi connectivity index (χ1n) is 7.88. The summed E-state index contributed by atoms with van der Waals surface area (Å²) in [5.41, 5.74) is 1.20. The summed E-state index contributed by atoms with van der Waals surface area (Å²) in [5.74, 6) is 1.74. The smallest absolute Gasteiger partial charge is 0.257 e. The molecule has 1 N–H and O–H groups in total. The average Bonchev–Trinajstić information content (AvgIpc) is 3.09. The summed E-state index contributed by atoms with van der Waals surface area (Å²) in [5, 5.41) is 3.42. The van der Waals surface area contributed by atoms with E-state index in [0.717, 1.165) is 19.5 Å². The topological polar surface area (TPSA) is 43.4 Å². The van der Waals surface area contributed by atoms with Gasteiger partial charge in [0, 0.05) is 18.7 Å². The molecule has 0 bridgehead atoms. The molecule has 1 aromatic carbocycles. The second-order valence-electron chi connectivity index (χ2n) is 5.44. The van der Waals surface area contributed by atoms with Crippen LogP contribution in [0.5, 0.6) is 11.6 Å². The van der Waals surface area contributed by atoms with Crippen LogP contribution in [0.25, 0.3) is 0 Å². The molecule has 1 fully saturated rings. The van der Waals surface area contributed by atoms with Gasteiger partial charge in [-0.2, -0.15) is 0 Å². The van der Waals surface area contributed by atoms with Gasteiger partial charge in [0.2, 0.25) is 0 Å². The van der Waals surface area contributed by atoms with Crippen molar-refractivity contribution >= 4 is 0 Å². The van der Waals surface area contributed by atoms with Gasteiger partial charge in [0.15, 0.2) is 5.75 Å². The maximum absolute atomic E-state index is 6.34. The number of pyridine rings is 1. The van der Waals surface area contributed by atoms with Crippen LogP contribution in [0.3, 0.4) is 0 Å². The fourth-order valence-electron chi connectivity index (χ4n) is 2.86. The van der Waals surface area contributed by atoms with E-state index in [1.54, 1.807) is 6.20 Å². The largest absolute Gasteiger partial charge is 0.480 e. The molecule has 4 heteroatoms. The lowest BCUT2D eigenvalue weighted by Crippen LogP contribution is -2.21. The van der Waals surface area contributed by atoms with Crippen molar-refractivity contribution in [3.05, 3.63) is 54.2 Å². The molecule has 2 aromatic rings. The number of benzene rings is 1. The van der Waals surface area contributed by atoms with Crippen LogP contribution >= 0.6 is 0 Å². The van der Waals surface area contributed by atoms with Gasteiger partial charge >= 0.3 is 0 Å². The van der Waals surface area contributed by atoms with Crippen molar-refractivity contribution in [3.8, 4) is 11.6 Å². The highest BCUT2D eigenvalue weighted by Gasteiger charge is 2.28. The number of hydrogen-bond acceptors (Lipinski definition) is 4. The van der Waals surface area contributed by atoms with Crippen molar-refractivity contribution < 1.29 is 9.47 Å². The van der Waals surface area contributed by atoms with Crippen molar-refractivity contribution in [3.63, 3.8) is 0 Å². The third-order valence-electron chi connectivity index (χ3n) is 3.93. The summed E-state index contributed by atoms with van der Waals surface area (Å²) in [4.78, 5) is 4.28. The van der Waals surface area contributed by atoms with E-state index in [9.17, 15) is 0 Å². The Kier molecular flexibility index (Phi) is 4.91. The summed E-state index contributed by atoms with van der Waals surface area (Å²) in [6.07, 6.45) is 2.86. The molecule has 2 unspecified atom stereocenters. The van der Waals surface area contributed by atoms with E-state index in [2.05, 4.69) is 34.6 Å². The third-order valence-corrected chi connectivity index (χ3v) is 3.93. The minimum Gasteiger partial charge on any atom is -0.480 e. The Morgan fingerprint density at radius 1 is 1.23 bits per heavy atom. The van der Waals surface area contributed by atoms with E-state index in [1.807, 2.05) is 25.1 Å². The molecular weight excluding hydrogens is 276 g/mol. The highest BCUT2D eigenvalue weighted by Crippen LogP contribution is 2.35. The molecule has 22 heavy (non-hydrogen) atoms. The second-order valence-corrected chi connectivity index (χ2v) is 5.44. The fraction of sp³-hybridized carbons (Fsp3) is 0.389. The molecule has 1 aliphatic rings. The Bertz CT molecular complexity index is 583. The number of hydrogen-bond donors (Lipinski definition) is 1. The monoisotopic (exact) mass is 298 g/mol. The van der Waals surface area contributed by atoms with E-state index < -0.39 is 0 Å². The first-order valence-corrected chi connectivity index (χ1v) is 7.88. The summed E-state index contributed by atoms with van der Waals surface area (Å²) < 4.78 is 11.9. The minimum atomic E-state index is 0.0135. The zero-order valence-corrected chi connectivity index (χ0v) is 12.9. The standard InChI is InChI=1S/C18H22N2O2/c1-2-21-18-16(9-6-11-20-18)22-17(15-10-12-19-13-15)14-7-4-3-5-8-14/h3-9,11,15,17,19H,2,10,12-13H2,1H3. The predicted molar refractivity (Wildman–Crippen MR) is 86.2 cm³/mol. The van der Waals surface area contributed by atoms with Crippen molar-refractivity contribution in [1.82, 2.24) is 10.3 Å². The van der Waals surface area contributed by atoms with Crippen molar-refractivity contribution in [2.24, 2.45) is 5.92 Å². The number of rotatable bonds is 6. The predicted octanol–water partition coefficient (Wildman–Crippen LogP) is 3.21. The van der Waals surface area contributed by atoms with E-state index in [1.165, 1.54) is 5.56 Å². The summed E-state index contributed by atoms with van der Waals surface area (Å²) in [6.45, 7) is 4.55. The summed E-state index contributed by atoms with van der Waals surface area (Å²) >= 11 is 0. The number of nitrogens with one attached hydrogen (secondary N) is 1. The minimum absolute atomic E-state index is 0.0135. The van der Waals surface area contributed by atoms with E-state index >= 15 is 0 Å². The van der Waals surface area contributed by atoms with Crippen LogP contribution in [0.1, 0.15) is 25.0 Å². The molecular formula is C18H22N2O2. The normalized spacial score (nSPS) is 18.9. The van der Waals surface area contributed by atoms with E-state index in [0.29, 0.717) is 24.2 Å². The fourth-order valence-corrected chi connectivity index (χ4v) is 2.86. The van der Waals surface area contributed by atoms with Crippen LogP contribution in [0.2, 0.25) is 0 Å². The Labute approximate surface area is 131 Å². The van der Waals surface area contributed by atoms with Gasteiger partial charge in [-0.3, -0.25) is 0 Å². The molecule has 3 rings (SSSR count). The lowest BCUT2D eigenvalue weighted by atomic mass is 9.95. The van der Waals surface area contributed by atoms with Crippen LogP contribution in [0.4, 0.5) is 0 Å². The highest BCUT2D eigenvalue weighted by molar-refractivity contribution is 5.34. The molecule has 0 radical (unpaired) electrons. The molecule has 2 heterocycles. The van der Waals surface area contributed by atoms with Gasteiger partial charge in [-0.05, 0) is 37.6 Å². The molecule has 0 saturated carbocycles. The lowest BCUT2D eigenvalue weighted by Gasteiger charge is -2.25. The van der Waals surface area contributed by atoms with Crippen LogP contribution in [0.15, 0.2) is 48.7 Å². The molecule has 0 amide bonds. The van der Waals surface area contributed by atoms with E-state index in [4.69, 9.17) is 9.47 Å². The first kappa shape index (κ1) is 14.9. The zero-order chi connectivity index (χ0) is 15.2. The molecule has 4 nitrogen and oxygen atoms in total. The Morgan fingerprint density at radius 3 is 2.82 bits per heavy atom. The number of aromatic nitrogens is 1. The van der Waals surface area contributed by atoms with Gasteiger partial charge < -0.3 is 14.8 Å². The maximum Gasteiger partial charge on any atom is 0.257 e. The van der Waals surface area contributed by atoms with E-state index in [-0.39, 0.29) is 6.10 Å². The first-order chi connectivity index (χ1) is 10.9.